The first-order chi connectivity index (χ1) is 12.8. The molecule has 0 unspecified atom stereocenters. The van der Waals surface area contributed by atoms with Crippen LogP contribution in [0.5, 0.6) is 0 Å². The van der Waals surface area contributed by atoms with Crippen molar-refractivity contribution in [3.8, 4) is 5.00 Å². The molecule has 3 aromatic rings. The zero-order valence-corrected chi connectivity index (χ0v) is 15.5. The highest BCUT2D eigenvalue weighted by molar-refractivity contribution is 7.12. The summed E-state index contributed by atoms with van der Waals surface area (Å²) < 4.78 is 7.38. The largest absolute Gasteiger partial charge is 0.379 e. The highest BCUT2D eigenvalue weighted by Crippen LogP contribution is 2.29. The molecule has 1 aliphatic rings. The summed E-state index contributed by atoms with van der Waals surface area (Å²) in [7, 11) is 0. The van der Waals surface area contributed by atoms with E-state index in [1.807, 2.05) is 46.5 Å². The number of ketones is 1. The van der Waals surface area contributed by atoms with E-state index in [4.69, 9.17) is 4.74 Å². The monoisotopic (exact) mass is 367 g/mol. The molecule has 134 valence electrons. The van der Waals surface area contributed by atoms with E-state index in [-0.39, 0.29) is 11.8 Å². The fraction of sp³-hybridized carbons (Fsp3) is 0.300. The molecule has 26 heavy (non-hydrogen) atoms. The Kier molecular flexibility index (Phi) is 4.97. The number of imidazole rings is 1. The summed E-state index contributed by atoms with van der Waals surface area (Å²) in [6, 6.07) is 11.7. The van der Waals surface area contributed by atoms with Gasteiger partial charge in [-0.05, 0) is 35.6 Å². The predicted molar refractivity (Wildman–Crippen MR) is 102 cm³/mol. The van der Waals surface area contributed by atoms with Gasteiger partial charge in [0, 0.05) is 25.5 Å². The third-order valence-electron chi connectivity index (χ3n) is 4.75. The van der Waals surface area contributed by atoms with Gasteiger partial charge in [-0.2, -0.15) is 0 Å². The highest BCUT2D eigenvalue weighted by atomic mass is 32.1. The van der Waals surface area contributed by atoms with E-state index >= 15 is 0 Å². The van der Waals surface area contributed by atoms with Crippen molar-refractivity contribution in [1.82, 2.24) is 14.5 Å². The number of morpholine rings is 1. The van der Waals surface area contributed by atoms with Crippen LogP contribution < -0.4 is 0 Å². The molecule has 0 spiro atoms. The Bertz CT molecular complexity index is 882. The zero-order chi connectivity index (χ0) is 17.9. The smallest absolute Gasteiger partial charge is 0.220 e. The number of thiophene rings is 1. The maximum Gasteiger partial charge on any atom is 0.220 e. The molecule has 0 saturated carbocycles. The van der Waals surface area contributed by atoms with E-state index < -0.39 is 0 Å². The third-order valence-corrected chi connectivity index (χ3v) is 5.61. The van der Waals surface area contributed by atoms with Gasteiger partial charge in [-0.3, -0.25) is 14.3 Å². The molecule has 0 aliphatic carbocycles. The van der Waals surface area contributed by atoms with Gasteiger partial charge < -0.3 is 4.74 Å². The van der Waals surface area contributed by atoms with Crippen LogP contribution in [-0.2, 0) is 4.74 Å². The Balaban J connectivity index is 1.76. The SMILES string of the molecule is Cc1ccccc1[C@@H](C(=O)c1nccn1-c1cccs1)N1CCOCC1. The summed E-state index contributed by atoms with van der Waals surface area (Å²) in [6.07, 6.45) is 3.55. The van der Waals surface area contributed by atoms with E-state index in [1.54, 1.807) is 17.5 Å². The van der Waals surface area contributed by atoms with Crippen LogP contribution in [-0.4, -0.2) is 46.5 Å². The van der Waals surface area contributed by atoms with Crippen molar-refractivity contribution in [2.45, 2.75) is 13.0 Å². The quantitative estimate of drug-likeness (QED) is 0.648. The summed E-state index contributed by atoms with van der Waals surface area (Å²) in [5, 5.41) is 3.00. The number of aryl methyl sites for hydroxylation is 1. The number of rotatable bonds is 5. The Morgan fingerprint density at radius 3 is 2.73 bits per heavy atom. The summed E-state index contributed by atoms with van der Waals surface area (Å²) in [4.78, 5) is 20.2. The lowest BCUT2D eigenvalue weighted by Gasteiger charge is -2.34. The van der Waals surface area contributed by atoms with Gasteiger partial charge in [0.15, 0.2) is 5.82 Å². The fourth-order valence-electron chi connectivity index (χ4n) is 3.43. The molecule has 1 saturated heterocycles. The molecule has 0 amide bonds. The van der Waals surface area contributed by atoms with Crippen LogP contribution in [0.3, 0.4) is 0 Å². The summed E-state index contributed by atoms with van der Waals surface area (Å²) in [6.45, 7) is 4.83. The number of aromatic nitrogens is 2. The Morgan fingerprint density at radius 1 is 1.19 bits per heavy atom. The van der Waals surface area contributed by atoms with E-state index in [1.165, 1.54) is 0 Å². The van der Waals surface area contributed by atoms with Crippen LogP contribution in [0.1, 0.15) is 27.8 Å². The van der Waals surface area contributed by atoms with Gasteiger partial charge in [0.05, 0.1) is 13.2 Å². The first-order valence-corrected chi connectivity index (χ1v) is 9.62. The van der Waals surface area contributed by atoms with Crippen LogP contribution in [0.4, 0.5) is 0 Å². The molecule has 1 atom stereocenters. The summed E-state index contributed by atoms with van der Waals surface area (Å²) in [5.41, 5.74) is 2.16. The molecule has 5 nitrogen and oxygen atoms in total. The maximum absolute atomic E-state index is 13.6. The van der Waals surface area contributed by atoms with Crippen molar-refractivity contribution in [2.24, 2.45) is 0 Å². The van der Waals surface area contributed by atoms with Gasteiger partial charge in [-0.25, -0.2) is 4.98 Å². The molecule has 4 rings (SSSR count). The van der Waals surface area contributed by atoms with Crippen molar-refractivity contribution in [2.75, 3.05) is 26.3 Å². The van der Waals surface area contributed by atoms with E-state index in [0.29, 0.717) is 19.0 Å². The number of Topliss-reactive ketones (excluding diaryl/α,β-unsaturated/α-hetero) is 1. The lowest BCUT2D eigenvalue weighted by molar-refractivity contribution is 0.0167. The first kappa shape index (κ1) is 17.1. The average molecular weight is 367 g/mol. The van der Waals surface area contributed by atoms with Gasteiger partial charge >= 0.3 is 0 Å². The Hall–Kier alpha value is -2.28. The molecule has 3 heterocycles. The molecule has 0 N–H and O–H groups in total. The molecular weight excluding hydrogens is 346 g/mol. The van der Waals surface area contributed by atoms with Gasteiger partial charge in [0.25, 0.3) is 0 Å². The Morgan fingerprint density at radius 2 is 2.00 bits per heavy atom. The van der Waals surface area contributed by atoms with Gasteiger partial charge in [0.2, 0.25) is 5.78 Å². The Labute approximate surface area is 156 Å². The first-order valence-electron chi connectivity index (χ1n) is 8.74. The second-order valence-electron chi connectivity index (χ2n) is 6.34. The fourth-order valence-corrected chi connectivity index (χ4v) is 4.14. The molecule has 1 fully saturated rings. The zero-order valence-electron chi connectivity index (χ0n) is 14.7. The lowest BCUT2D eigenvalue weighted by Crippen LogP contribution is -2.43. The second-order valence-corrected chi connectivity index (χ2v) is 7.27. The van der Waals surface area contributed by atoms with E-state index in [0.717, 1.165) is 29.2 Å². The predicted octanol–water partition coefficient (Wildman–Crippen LogP) is 3.50. The number of benzene rings is 1. The molecule has 1 aromatic carbocycles. The second kappa shape index (κ2) is 7.53. The number of carbonyl (C=O) groups excluding carboxylic acids is 1. The number of carbonyl (C=O) groups is 1. The van der Waals surface area contributed by atoms with Gasteiger partial charge in [0.1, 0.15) is 11.0 Å². The van der Waals surface area contributed by atoms with Crippen LogP contribution >= 0.6 is 11.3 Å². The summed E-state index contributed by atoms with van der Waals surface area (Å²) in [5.74, 6) is 0.506. The minimum Gasteiger partial charge on any atom is -0.379 e. The number of nitrogens with zero attached hydrogens (tertiary/aromatic N) is 3. The van der Waals surface area contributed by atoms with Crippen LogP contribution in [0.15, 0.2) is 54.2 Å². The summed E-state index contributed by atoms with van der Waals surface area (Å²) >= 11 is 1.60. The lowest BCUT2D eigenvalue weighted by atomic mass is 9.95. The van der Waals surface area contributed by atoms with Gasteiger partial charge in [-0.1, -0.05) is 24.3 Å². The van der Waals surface area contributed by atoms with Crippen molar-refractivity contribution >= 4 is 17.1 Å². The molecule has 2 aromatic heterocycles. The van der Waals surface area contributed by atoms with E-state index in [9.17, 15) is 4.79 Å². The third kappa shape index (κ3) is 3.23. The van der Waals surface area contributed by atoms with Gasteiger partial charge in [-0.15, -0.1) is 11.3 Å². The number of ether oxygens (including phenoxy) is 1. The average Bonchev–Trinajstić information content (AvgIpc) is 3.35. The standard InChI is InChI=1S/C20H21N3O2S/c1-15-5-2-3-6-16(15)18(22-10-12-25-13-11-22)19(24)20-21-8-9-23(20)17-7-4-14-26-17/h2-9,14,18H,10-13H2,1H3/t18-/m0/s1. The van der Waals surface area contributed by atoms with Crippen LogP contribution in [0.2, 0.25) is 0 Å². The normalized spacial score (nSPS) is 16.5. The number of hydrogen-bond acceptors (Lipinski definition) is 5. The molecule has 0 bridgehead atoms. The molecule has 6 heteroatoms. The van der Waals surface area contributed by atoms with Crippen molar-refractivity contribution in [3.05, 3.63) is 71.1 Å². The number of hydrogen-bond donors (Lipinski definition) is 0. The highest BCUT2D eigenvalue weighted by Gasteiger charge is 2.33. The topological polar surface area (TPSA) is 47.4 Å². The molecular formula is C20H21N3O2S. The molecule has 1 aliphatic heterocycles. The minimum absolute atomic E-state index is 0.0274. The molecule has 0 radical (unpaired) electrons. The van der Waals surface area contributed by atoms with E-state index in [2.05, 4.69) is 22.9 Å². The van der Waals surface area contributed by atoms with Crippen LogP contribution in [0.25, 0.3) is 5.00 Å². The minimum atomic E-state index is -0.346. The van der Waals surface area contributed by atoms with Crippen molar-refractivity contribution < 1.29 is 9.53 Å². The van der Waals surface area contributed by atoms with Crippen molar-refractivity contribution in [3.63, 3.8) is 0 Å². The maximum atomic E-state index is 13.6. The van der Waals surface area contributed by atoms with Crippen molar-refractivity contribution in [1.29, 1.82) is 0 Å². The van der Waals surface area contributed by atoms with Crippen LogP contribution in [0, 0.1) is 6.92 Å².